The van der Waals surface area contributed by atoms with E-state index in [1.165, 1.54) is 0 Å². The zero-order valence-electron chi connectivity index (χ0n) is 10.5. The maximum atomic E-state index is 12.1. The van der Waals surface area contributed by atoms with Crippen LogP contribution in [-0.4, -0.2) is 17.4 Å². The fraction of sp³-hybridized carbons (Fsp3) is 0.143. The normalized spacial score (nSPS) is 10.0. The highest BCUT2D eigenvalue weighted by Gasteiger charge is 2.09. The molecule has 2 N–H and O–H groups in total. The largest absolute Gasteiger partial charge is 0.384 e. The highest BCUT2D eigenvalue weighted by atomic mass is 35.5. The summed E-state index contributed by atoms with van der Waals surface area (Å²) < 4.78 is 0. The summed E-state index contributed by atoms with van der Waals surface area (Å²) in [5.74, 6) is -0.191. The van der Waals surface area contributed by atoms with Gasteiger partial charge in [0.2, 0.25) is 0 Å². The van der Waals surface area contributed by atoms with E-state index in [2.05, 4.69) is 15.6 Å². The Hall–Kier alpha value is -2.07. The van der Waals surface area contributed by atoms with Crippen LogP contribution in [0.3, 0.4) is 0 Å². The number of nitrogens with one attached hydrogen (secondary N) is 2. The second-order valence-corrected chi connectivity index (χ2v) is 4.35. The molecule has 0 spiro atoms. The van der Waals surface area contributed by atoms with Crippen molar-refractivity contribution in [2.24, 2.45) is 0 Å². The first-order valence-electron chi connectivity index (χ1n) is 5.95. The van der Waals surface area contributed by atoms with Gasteiger partial charge in [-0.25, -0.2) is 0 Å². The Morgan fingerprint density at radius 2 is 1.95 bits per heavy atom. The molecule has 0 saturated carbocycles. The molecule has 0 radical (unpaired) electrons. The number of pyridine rings is 1. The van der Waals surface area contributed by atoms with E-state index in [9.17, 15) is 4.79 Å². The van der Waals surface area contributed by atoms with Crippen LogP contribution in [-0.2, 0) is 0 Å². The third-order valence-corrected chi connectivity index (χ3v) is 2.77. The molecule has 0 bridgehead atoms. The van der Waals surface area contributed by atoms with Gasteiger partial charge in [-0.3, -0.25) is 9.78 Å². The van der Waals surface area contributed by atoms with Gasteiger partial charge in [-0.15, -0.1) is 0 Å². The zero-order valence-corrected chi connectivity index (χ0v) is 11.2. The van der Waals surface area contributed by atoms with Crippen LogP contribution in [0.25, 0.3) is 0 Å². The molecule has 4 nitrogen and oxygen atoms in total. The van der Waals surface area contributed by atoms with Crippen LogP contribution >= 0.6 is 11.6 Å². The summed E-state index contributed by atoms with van der Waals surface area (Å²) in [5.41, 5.74) is 2.06. The van der Waals surface area contributed by atoms with E-state index in [1.807, 2.05) is 13.0 Å². The predicted molar refractivity (Wildman–Crippen MR) is 77.8 cm³/mol. The lowest BCUT2D eigenvalue weighted by atomic mass is 10.2. The SMILES string of the molecule is CCNc1ccc(Cl)cc1NC(=O)c1ccncc1. The molecule has 2 rings (SSSR count). The molecule has 0 atom stereocenters. The molecular formula is C14H14ClN3O. The molecule has 1 aromatic heterocycles. The van der Waals surface area contributed by atoms with Gasteiger partial charge >= 0.3 is 0 Å². The minimum Gasteiger partial charge on any atom is -0.384 e. The number of nitrogens with zero attached hydrogens (tertiary/aromatic N) is 1. The van der Waals surface area contributed by atoms with E-state index in [4.69, 9.17) is 11.6 Å². The first kappa shape index (κ1) is 13.4. The predicted octanol–water partition coefficient (Wildman–Crippen LogP) is 3.42. The Morgan fingerprint density at radius 3 is 2.63 bits per heavy atom. The van der Waals surface area contributed by atoms with Crippen LogP contribution in [0.1, 0.15) is 17.3 Å². The average Bonchev–Trinajstić information content (AvgIpc) is 2.43. The van der Waals surface area contributed by atoms with Crippen LogP contribution in [0.5, 0.6) is 0 Å². The molecular weight excluding hydrogens is 262 g/mol. The fourth-order valence-electron chi connectivity index (χ4n) is 1.66. The maximum absolute atomic E-state index is 12.1. The van der Waals surface area contributed by atoms with Gasteiger partial charge in [0.25, 0.3) is 5.91 Å². The summed E-state index contributed by atoms with van der Waals surface area (Å²) in [6.07, 6.45) is 3.16. The molecule has 0 saturated heterocycles. The minimum absolute atomic E-state index is 0.191. The summed E-state index contributed by atoms with van der Waals surface area (Å²) in [7, 11) is 0. The monoisotopic (exact) mass is 275 g/mol. The summed E-state index contributed by atoms with van der Waals surface area (Å²) in [4.78, 5) is 16.0. The van der Waals surface area contributed by atoms with Crippen molar-refractivity contribution in [3.63, 3.8) is 0 Å². The highest BCUT2D eigenvalue weighted by Crippen LogP contribution is 2.26. The molecule has 5 heteroatoms. The number of rotatable bonds is 4. The number of aromatic nitrogens is 1. The van der Waals surface area contributed by atoms with Gasteiger partial charge in [0.15, 0.2) is 0 Å². The number of benzene rings is 1. The molecule has 0 aliphatic heterocycles. The number of carbonyl (C=O) groups excluding carboxylic acids is 1. The van der Waals surface area contributed by atoms with Gasteiger partial charge in [-0.2, -0.15) is 0 Å². The third kappa shape index (κ3) is 3.45. The van der Waals surface area contributed by atoms with E-state index in [0.29, 0.717) is 16.3 Å². The van der Waals surface area contributed by atoms with E-state index in [0.717, 1.165) is 12.2 Å². The number of halogens is 1. The van der Waals surface area contributed by atoms with Gasteiger partial charge in [0.05, 0.1) is 11.4 Å². The lowest BCUT2D eigenvalue weighted by molar-refractivity contribution is 0.102. The van der Waals surface area contributed by atoms with E-state index in [1.54, 1.807) is 36.7 Å². The van der Waals surface area contributed by atoms with Crippen molar-refractivity contribution in [1.82, 2.24) is 4.98 Å². The van der Waals surface area contributed by atoms with Crippen molar-refractivity contribution in [2.45, 2.75) is 6.92 Å². The topological polar surface area (TPSA) is 54.0 Å². The number of anilines is 2. The van der Waals surface area contributed by atoms with Gasteiger partial charge < -0.3 is 10.6 Å². The van der Waals surface area contributed by atoms with Gasteiger partial charge in [0.1, 0.15) is 0 Å². The first-order valence-corrected chi connectivity index (χ1v) is 6.33. The van der Waals surface area contributed by atoms with E-state index in [-0.39, 0.29) is 5.91 Å². The van der Waals surface area contributed by atoms with Crippen LogP contribution < -0.4 is 10.6 Å². The van der Waals surface area contributed by atoms with Crippen LogP contribution in [0.2, 0.25) is 5.02 Å². The fourth-order valence-corrected chi connectivity index (χ4v) is 1.83. The van der Waals surface area contributed by atoms with E-state index < -0.39 is 0 Å². The average molecular weight is 276 g/mol. The van der Waals surface area contributed by atoms with Crippen molar-refractivity contribution < 1.29 is 4.79 Å². The van der Waals surface area contributed by atoms with Crippen LogP contribution in [0.15, 0.2) is 42.7 Å². The second kappa shape index (κ2) is 6.20. The van der Waals surface area contributed by atoms with Crippen molar-refractivity contribution >= 4 is 28.9 Å². The third-order valence-electron chi connectivity index (χ3n) is 2.54. The summed E-state index contributed by atoms with van der Waals surface area (Å²) >= 11 is 5.96. The van der Waals surface area contributed by atoms with Gasteiger partial charge in [-0.1, -0.05) is 11.6 Å². The van der Waals surface area contributed by atoms with Gasteiger partial charge in [-0.05, 0) is 37.3 Å². The van der Waals surface area contributed by atoms with E-state index >= 15 is 0 Å². The molecule has 0 aliphatic rings. The van der Waals surface area contributed by atoms with Crippen LogP contribution in [0, 0.1) is 0 Å². The number of amides is 1. The standard InChI is InChI=1S/C14H14ClN3O/c1-2-17-12-4-3-11(15)9-13(12)18-14(19)10-5-7-16-8-6-10/h3-9,17H,2H2,1H3,(H,18,19). The molecule has 1 amide bonds. The molecule has 0 fully saturated rings. The van der Waals surface area contributed by atoms with Gasteiger partial charge in [0, 0.05) is 29.5 Å². The second-order valence-electron chi connectivity index (χ2n) is 3.91. The number of hydrogen-bond donors (Lipinski definition) is 2. The van der Waals surface area contributed by atoms with Crippen molar-refractivity contribution in [3.8, 4) is 0 Å². The number of hydrogen-bond acceptors (Lipinski definition) is 3. The highest BCUT2D eigenvalue weighted by molar-refractivity contribution is 6.31. The Kier molecular flexibility index (Phi) is 4.36. The molecule has 1 aromatic carbocycles. The van der Waals surface area contributed by atoms with Crippen LogP contribution in [0.4, 0.5) is 11.4 Å². The Morgan fingerprint density at radius 1 is 1.21 bits per heavy atom. The lowest BCUT2D eigenvalue weighted by Crippen LogP contribution is -2.13. The smallest absolute Gasteiger partial charge is 0.255 e. The van der Waals surface area contributed by atoms with Crippen molar-refractivity contribution in [3.05, 3.63) is 53.3 Å². The molecule has 0 unspecified atom stereocenters. The maximum Gasteiger partial charge on any atom is 0.255 e. The lowest BCUT2D eigenvalue weighted by Gasteiger charge is -2.12. The Balaban J connectivity index is 2.23. The molecule has 1 heterocycles. The molecule has 98 valence electrons. The first-order chi connectivity index (χ1) is 9.20. The molecule has 0 aliphatic carbocycles. The molecule has 2 aromatic rings. The minimum atomic E-state index is -0.191. The van der Waals surface area contributed by atoms with Crippen molar-refractivity contribution in [1.29, 1.82) is 0 Å². The van der Waals surface area contributed by atoms with Crippen molar-refractivity contribution in [2.75, 3.05) is 17.2 Å². The zero-order chi connectivity index (χ0) is 13.7. The number of carbonyl (C=O) groups is 1. The summed E-state index contributed by atoms with van der Waals surface area (Å²) in [6.45, 7) is 2.75. The molecule has 19 heavy (non-hydrogen) atoms. The Labute approximate surface area is 116 Å². The summed E-state index contributed by atoms with van der Waals surface area (Å²) in [5, 5.41) is 6.59. The summed E-state index contributed by atoms with van der Waals surface area (Å²) in [6, 6.07) is 8.66. The Bertz CT molecular complexity index is 572. The quantitative estimate of drug-likeness (QED) is 0.899.